The van der Waals surface area contributed by atoms with Gasteiger partial charge in [-0.05, 0) is 25.0 Å². The van der Waals surface area contributed by atoms with E-state index in [-0.39, 0.29) is 23.4 Å². The van der Waals surface area contributed by atoms with Crippen LogP contribution >= 0.6 is 11.3 Å². The first-order valence-electron chi connectivity index (χ1n) is 9.83. The zero-order valence-corrected chi connectivity index (χ0v) is 18.6. The molecule has 1 fully saturated rings. The predicted molar refractivity (Wildman–Crippen MR) is 118 cm³/mol. The second-order valence-corrected chi connectivity index (χ2v) is 10.1. The molecule has 166 valence electrons. The number of aromatic nitrogens is 1. The van der Waals surface area contributed by atoms with E-state index in [1.165, 1.54) is 0 Å². The van der Waals surface area contributed by atoms with E-state index in [0.717, 1.165) is 43.3 Å². The van der Waals surface area contributed by atoms with Gasteiger partial charge in [0.15, 0.2) is 10.9 Å². The van der Waals surface area contributed by atoms with Crippen LogP contribution in [0.25, 0.3) is 0 Å². The monoisotopic (exact) mass is 464 g/mol. The third-order valence-corrected chi connectivity index (χ3v) is 6.30. The molecule has 2 aromatic rings. The molecule has 11 heteroatoms. The molecule has 0 spiro atoms. The number of rotatable bonds is 9. The second-order valence-electron chi connectivity index (χ2n) is 7.40. The molecule has 3 N–H and O–H groups in total. The molecule has 1 aliphatic rings. The van der Waals surface area contributed by atoms with Crippen LogP contribution in [0.1, 0.15) is 48.2 Å². The van der Waals surface area contributed by atoms with Crippen molar-refractivity contribution in [1.29, 1.82) is 0 Å². The maximum absolute atomic E-state index is 12.7. The number of para-hydroxylation sites is 1. The lowest BCUT2D eigenvalue weighted by atomic mass is 9.95. The maximum atomic E-state index is 12.7. The molecule has 2 amide bonds. The Morgan fingerprint density at radius 2 is 1.77 bits per heavy atom. The van der Waals surface area contributed by atoms with Gasteiger partial charge in [0.05, 0.1) is 24.2 Å². The third kappa shape index (κ3) is 6.94. The van der Waals surface area contributed by atoms with Crippen molar-refractivity contribution in [2.45, 2.75) is 38.6 Å². The number of carbonyl (C=O) groups excluding carboxylic acids is 3. The van der Waals surface area contributed by atoms with Crippen molar-refractivity contribution in [3.8, 4) is 0 Å². The zero-order chi connectivity index (χ0) is 22.4. The minimum atomic E-state index is -3.35. The number of sulfonamides is 1. The summed E-state index contributed by atoms with van der Waals surface area (Å²) in [5.41, 5.74) is 1.32. The summed E-state index contributed by atoms with van der Waals surface area (Å²) in [6.45, 7) is 0.0114. The summed E-state index contributed by atoms with van der Waals surface area (Å²) >= 11 is 1.13. The van der Waals surface area contributed by atoms with E-state index in [2.05, 4.69) is 20.3 Å². The van der Waals surface area contributed by atoms with Crippen molar-refractivity contribution in [2.75, 3.05) is 16.9 Å². The molecular weight excluding hydrogens is 440 g/mol. The molecule has 1 heterocycles. The van der Waals surface area contributed by atoms with Crippen LogP contribution in [0.5, 0.6) is 0 Å². The SMILES string of the molecule is CS(=O)(=O)NCc1csc(NC(=O)CC(=O)Nc2ccccc2C(=O)C2CCCC2)n1. The van der Waals surface area contributed by atoms with Crippen LogP contribution < -0.4 is 15.4 Å². The van der Waals surface area contributed by atoms with Gasteiger partial charge in [-0.15, -0.1) is 11.3 Å². The van der Waals surface area contributed by atoms with E-state index in [1.54, 1.807) is 29.6 Å². The van der Waals surface area contributed by atoms with Crippen LogP contribution in [0, 0.1) is 5.92 Å². The lowest BCUT2D eigenvalue weighted by Crippen LogP contribution is -2.23. The number of benzene rings is 1. The average Bonchev–Trinajstić information content (AvgIpc) is 3.37. The first-order valence-corrected chi connectivity index (χ1v) is 12.6. The van der Waals surface area contributed by atoms with Gasteiger partial charge in [-0.25, -0.2) is 18.1 Å². The number of thiazole rings is 1. The quantitative estimate of drug-likeness (QED) is 0.386. The standard InChI is InChI=1S/C20H24N4O5S2/c1-31(28,29)21-11-14-12-30-20(22-14)24-18(26)10-17(25)23-16-9-5-4-8-15(16)19(27)13-6-2-3-7-13/h4-5,8-9,12-13,21H,2-3,6-7,10-11H2,1H3,(H,23,25)(H,22,24,26). The van der Waals surface area contributed by atoms with Crippen molar-refractivity contribution in [3.05, 3.63) is 40.9 Å². The molecule has 0 radical (unpaired) electrons. The number of amides is 2. The molecule has 0 saturated heterocycles. The normalized spacial score (nSPS) is 14.4. The van der Waals surface area contributed by atoms with Gasteiger partial charge in [-0.2, -0.15) is 0 Å². The first kappa shape index (κ1) is 23.0. The van der Waals surface area contributed by atoms with E-state index in [4.69, 9.17) is 0 Å². The summed E-state index contributed by atoms with van der Waals surface area (Å²) in [4.78, 5) is 41.4. The molecule has 1 aromatic heterocycles. The average molecular weight is 465 g/mol. The van der Waals surface area contributed by atoms with E-state index >= 15 is 0 Å². The van der Waals surface area contributed by atoms with Crippen LogP contribution in [-0.4, -0.2) is 37.3 Å². The van der Waals surface area contributed by atoms with Gasteiger partial charge < -0.3 is 10.6 Å². The zero-order valence-electron chi connectivity index (χ0n) is 17.0. The number of ketones is 1. The van der Waals surface area contributed by atoms with Gasteiger partial charge in [-0.1, -0.05) is 25.0 Å². The van der Waals surface area contributed by atoms with Crippen molar-refractivity contribution >= 4 is 49.8 Å². The fraction of sp³-hybridized carbons (Fsp3) is 0.400. The number of nitrogens with one attached hydrogen (secondary N) is 3. The number of anilines is 2. The van der Waals surface area contributed by atoms with E-state index < -0.39 is 28.3 Å². The molecule has 1 saturated carbocycles. The Kier molecular flexibility index (Phi) is 7.52. The Morgan fingerprint density at radius 3 is 2.48 bits per heavy atom. The molecule has 31 heavy (non-hydrogen) atoms. The fourth-order valence-corrected chi connectivity index (χ4v) is 4.51. The van der Waals surface area contributed by atoms with Crippen LogP contribution in [0.2, 0.25) is 0 Å². The minimum absolute atomic E-state index is 0.0114. The molecule has 1 aliphatic carbocycles. The van der Waals surface area contributed by atoms with Crippen LogP contribution in [0.15, 0.2) is 29.6 Å². The van der Waals surface area contributed by atoms with Crippen LogP contribution in [0.4, 0.5) is 10.8 Å². The highest BCUT2D eigenvalue weighted by Crippen LogP contribution is 2.30. The highest BCUT2D eigenvalue weighted by Gasteiger charge is 2.26. The molecule has 1 aromatic carbocycles. The Bertz CT molecular complexity index is 1070. The molecule has 9 nitrogen and oxygen atoms in total. The van der Waals surface area contributed by atoms with Crippen molar-refractivity contribution in [1.82, 2.24) is 9.71 Å². The third-order valence-electron chi connectivity index (χ3n) is 4.83. The van der Waals surface area contributed by atoms with Gasteiger partial charge in [0.1, 0.15) is 6.42 Å². The Labute approximate surface area is 184 Å². The highest BCUT2D eigenvalue weighted by atomic mass is 32.2. The van der Waals surface area contributed by atoms with E-state index in [9.17, 15) is 22.8 Å². The molecule has 0 bridgehead atoms. The predicted octanol–water partition coefficient (Wildman–Crippen LogP) is 2.53. The largest absolute Gasteiger partial charge is 0.325 e. The molecule has 0 atom stereocenters. The Hall–Kier alpha value is -2.63. The number of Topliss-reactive ketones (excluding diaryl/α,β-unsaturated/α-hetero) is 1. The summed E-state index contributed by atoms with van der Waals surface area (Å²) in [5.74, 6) is -1.10. The summed E-state index contributed by atoms with van der Waals surface area (Å²) in [5, 5.41) is 7.05. The lowest BCUT2D eigenvalue weighted by molar-refractivity contribution is -0.123. The summed E-state index contributed by atoms with van der Waals surface area (Å²) in [7, 11) is -3.35. The molecule has 0 unspecified atom stereocenters. The number of hydrogen-bond donors (Lipinski definition) is 3. The number of nitrogens with zero attached hydrogens (tertiary/aromatic N) is 1. The van der Waals surface area contributed by atoms with E-state index in [1.807, 2.05) is 0 Å². The summed E-state index contributed by atoms with van der Waals surface area (Å²) in [6.07, 6.45) is 4.39. The lowest BCUT2D eigenvalue weighted by Gasteiger charge is -2.13. The molecule has 0 aliphatic heterocycles. The fourth-order valence-electron chi connectivity index (χ4n) is 3.37. The first-order chi connectivity index (χ1) is 14.7. The number of carbonyl (C=O) groups is 3. The van der Waals surface area contributed by atoms with Gasteiger partial charge in [0.2, 0.25) is 21.8 Å². The Balaban J connectivity index is 1.55. The highest BCUT2D eigenvalue weighted by molar-refractivity contribution is 7.88. The maximum Gasteiger partial charge on any atom is 0.235 e. The smallest absolute Gasteiger partial charge is 0.235 e. The van der Waals surface area contributed by atoms with Gasteiger partial charge in [-0.3, -0.25) is 14.4 Å². The molecular formula is C20H24N4O5S2. The molecule has 3 rings (SSSR count). The van der Waals surface area contributed by atoms with Gasteiger partial charge in [0.25, 0.3) is 0 Å². The minimum Gasteiger partial charge on any atom is -0.325 e. The van der Waals surface area contributed by atoms with Crippen LogP contribution in [0.3, 0.4) is 0 Å². The van der Waals surface area contributed by atoms with Crippen molar-refractivity contribution in [3.63, 3.8) is 0 Å². The second kappa shape index (κ2) is 10.1. The van der Waals surface area contributed by atoms with Crippen molar-refractivity contribution in [2.24, 2.45) is 5.92 Å². The van der Waals surface area contributed by atoms with Crippen LogP contribution in [-0.2, 0) is 26.2 Å². The number of hydrogen-bond acceptors (Lipinski definition) is 7. The summed E-state index contributed by atoms with van der Waals surface area (Å²) in [6, 6.07) is 6.82. The van der Waals surface area contributed by atoms with E-state index in [0.29, 0.717) is 16.9 Å². The Morgan fingerprint density at radius 1 is 1.10 bits per heavy atom. The topological polar surface area (TPSA) is 134 Å². The van der Waals surface area contributed by atoms with Crippen molar-refractivity contribution < 1.29 is 22.8 Å². The summed E-state index contributed by atoms with van der Waals surface area (Å²) < 4.78 is 24.6. The van der Waals surface area contributed by atoms with Gasteiger partial charge in [0, 0.05) is 16.9 Å². The van der Waals surface area contributed by atoms with Gasteiger partial charge >= 0.3 is 0 Å².